The van der Waals surface area contributed by atoms with E-state index in [4.69, 9.17) is 4.74 Å². The second-order valence-electron chi connectivity index (χ2n) is 5.00. The summed E-state index contributed by atoms with van der Waals surface area (Å²) in [7, 11) is -2.12. The summed E-state index contributed by atoms with van der Waals surface area (Å²) < 4.78 is 33.7. The third-order valence-electron chi connectivity index (χ3n) is 3.38. The highest BCUT2D eigenvalue weighted by molar-refractivity contribution is 7.89. The topological polar surface area (TPSA) is 89.3 Å². The number of nitrogens with one attached hydrogen (secondary N) is 1. The Morgan fingerprint density at radius 3 is 2.82 bits per heavy atom. The molecular weight excluding hydrogens is 306 g/mol. The first-order valence-corrected chi connectivity index (χ1v) is 8.27. The Kier molecular flexibility index (Phi) is 4.10. The van der Waals surface area contributed by atoms with Crippen LogP contribution in [0.4, 0.5) is 5.82 Å². The Morgan fingerprint density at radius 1 is 1.32 bits per heavy atom. The SMILES string of the molecule is COCn1nccc1S(=O)(=O)NC1CN(c2ccccn2)C1. The zero-order valence-electron chi connectivity index (χ0n) is 12.1. The molecule has 3 heterocycles. The van der Waals surface area contributed by atoms with Crippen molar-refractivity contribution in [3.63, 3.8) is 0 Å². The molecule has 2 aromatic rings. The molecule has 3 rings (SSSR count). The van der Waals surface area contributed by atoms with Crippen LogP contribution in [0, 0.1) is 0 Å². The number of sulfonamides is 1. The van der Waals surface area contributed by atoms with E-state index in [1.165, 1.54) is 24.1 Å². The van der Waals surface area contributed by atoms with Gasteiger partial charge < -0.3 is 9.64 Å². The normalized spacial score (nSPS) is 15.8. The Hall–Kier alpha value is -1.97. The average Bonchev–Trinajstić information content (AvgIpc) is 2.93. The van der Waals surface area contributed by atoms with Gasteiger partial charge in [0.05, 0.1) is 12.2 Å². The van der Waals surface area contributed by atoms with Gasteiger partial charge in [0.2, 0.25) is 0 Å². The molecule has 0 amide bonds. The quantitative estimate of drug-likeness (QED) is 0.808. The Bertz CT molecular complexity index is 725. The highest BCUT2D eigenvalue weighted by Gasteiger charge is 2.32. The zero-order valence-corrected chi connectivity index (χ0v) is 12.9. The number of pyridine rings is 1. The summed E-state index contributed by atoms with van der Waals surface area (Å²) in [6, 6.07) is 6.97. The van der Waals surface area contributed by atoms with Crippen molar-refractivity contribution < 1.29 is 13.2 Å². The number of methoxy groups -OCH3 is 1. The van der Waals surface area contributed by atoms with Crippen LogP contribution < -0.4 is 9.62 Å². The largest absolute Gasteiger partial charge is 0.362 e. The Morgan fingerprint density at radius 2 is 2.14 bits per heavy atom. The molecule has 9 heteroatoms. The number of aromatic nitrogens is 3. The van der Waals surface area contributed by atoms with E-state index in [0.29, 0.717) is 13.1 Å². The molecule has 118 valence electrons. The molecule has 8 nitrogen and oxygen atoms in total. The van der Waals surface area contributed by atoms with E-state index in [9.17, 15) is 8.42 Å². The summed E-state index contributed by atoms with van der Waals surface area (Å²) >= 11 is 0. The van der Waals surface area contributed by atoms with Crippen molar-refractivity contribution in [1.29, 1.82) is 0 Å². The van der Waals surface area contributed by atoms with Crippen LogP contribution >= 0.6 is 0 Å². The summed E-state index contributed by atoms with van der Waals surface area (Å²) in [5.41, 5.74) is 0. The molecule has 0 atom stereocenters. The van der Waals surface area contributed by atoms with Crippen LogP contribution in [0.15, 0.2) is 41.7 Å². The smallest absolute Gasteiger partial charge is 0.258 e. The number of rotatable bonds is 6. The molecule has 1 aliphatic rings. The van der Waals surface area contributed by atoms with E-state index in [-0.39, 0.29) is 17.8 Å². The standard InChI is InChI=1S/C13H17N5O3S/c1-21-10-18-13(5-7-15-18)22(19,20)16-11-8-17(9-11)12-4-2-3-6-14-12/h2-7,11,16H,8-10H2,1H3. The first-order chi connectivity index (χ1) is 10.6. The number of nitrogens with zero attached hydrogens (tertiary/aromatic N) is 4. The molecule has 0 saturated carbocycles. The number of anilines is 1. The lowest BCUT2D eigenvalue weighted by Crippen LogP contribution is -2.59. The fourth-order valence-electron chi connectivity index (χ4n) is 2.33. The van der Waals surface area contributed by atoms with Gasteiger partial charge >= 0.3 is 0 Å². The highest BCUT2D eigenvalue weighted by atomic mass is 32.2. The summed E-state index contributed by atoms with van der Waals surface area (Å²) in [6.07, 6.45) is 3.16. The maximum atomic E-state index is 12.4. The van der Waals surface area contributed by atoms with Crippen LogP contribution in [0.25, 0.3) is 0 Å². The predicted molar refractivity (Wildman–Crippen MR) is 79.8 cm³/mol. The molecule has 0 bridgehead atoms. The zero-order chi connectivity index (χ0) is 15.6. The monoisotopic (exact) mass is 323 g/mol. The van der Waals surface area contributed by atoms with Crippen LogP contribution in [-0.2, 0) is 21.5 Å². The van der Waals surface area contributed by atoms with E-state index in [2.05, 4.69) is 14.8 Å². The molecule has 1 aliphatic heterocycles. The summed E-state index contributed by atoms with van der Waals surface area (Å²) in [5.74, 6) is 0.849. The van der Waals surface area contributed by atoms with E-state index in [1.54, 1.807) is 6.20 Å². The Labute approximate surface area is 128 Å². The molecule has 0 unspecified atom stereocenters. The van der Waals surface area contributed by atoms with E-state index >= 15 is 0 Å². The van der Waals surface area contributed by atoms with E-state index < -0.39 is 10.0 Å². The number of hydrogen-bond donors (Lipinski definition) is 1. The van der Waals surface area contributed by atoms with Gasteiger partial charge in [-0.3, -0.25) is 0 Å². The molecule has 0 aromatic carbocycles. The van der Waals surface area contributed by atoms with Crippen molar-refractivity contribution in [3.05, 3.63) is 36.7 Å². The molecule has 1 fully saturated rings. The van der Waals surface area contributed by atoms with Gasteiger partial charge in [-0.2, -0.15) is 5.10 Å². The van der Waals surface area contributed by atoms with Crippen LogP contribution in [0.5, 0.6) is 0 Å². The molecular formula is C13H17N5O3S. The van der Waals surface area contributed by atoms with Crippen LogP contribution in [0.2, 0.25) is 0 Å². The second-order valence-corrected chi connectivity index (χ2v) is 6.66. The molecule has 0 aliphatic carbocycles. The summed E-state index contributed by atoms with van der Waals surface area (Å²) in [4.78, 5) is 6.25. The summed E-state index contributed by atoms with van der Waals surface area (Å²) in [5, 5.41) is 4.04. The molecule has 0 radical (unpaired) electrons. The lowest BCUT2D eigenvalue weighted by atomic mass is 10.1. The molecule has 1 N–H and O–H groups in total. The van der Waals surface area contributed by atoms with Gasteiger partial charge in [-0.25, -0.2) is 22.8 Å². The van der Waals surface area contributed by atoms with Gasteiger partial charge in [0.25, 0.3) is 10.0 Å². The minimum absolute atomic E-state index is 0.0912. The van der Waals surface area contributed by atoms with Crippen molar-refractivity contribution in [1.82, 2.24) is 19.5 Å². The molecule has 1 saturated heterocycles. The maximum Gasteiger partial charge on any atom is 0.258 e. The van der Waals surface area contributed by atoms with Crippen LogP contribution in [0.1, 0.15) is 0 Å². The number of hydrogen-bond acceptors (Lipinski definition) is 6. The van der Waals surface area contributed by atoms with Gasteiger partial charge in [-0.1, -0.05) is 6.07 Å². The third kappa shape index (κ3) is 2.96. The lowest BCUT2D eigenvalue weighted by Gasteiger charge is -2.40. The molecule has 2 aromatic heterocycles. The van der Waals surface area contributed by atoms with Crippen molar-refractivity contribution in [2.75, 3.05) is 25.1 Å². The predicted octanol–water partition coefficient (Wildman–Crippen LogP) is 0.0491. The number of ether oxygens (including phenoxy) is 1. The molecule has 0 spiro atoms. The lowest BCUT2D eigenvalue weighted by molar-refractivity contribution is 0.112. The third-order valence-corrected chi connectivity index (χ3v) is 4.92. The van der Waals surface area contributed by atoms with Gasteiger partial charge in [-0.05, 0) is 18.2 Å². The fraction of sp³-hybridized carbons (Fsp3) is 0.385. The summed E-state index contributed by atoms with van der Waals surface area (Å²) in [6.45, 7) is 1.28. The first-order valence-electron chi connectivity index (χ1n) is 6.79. The van der Waals surface area contributed by atoms with Gasteiger partial charge in [0, 0.05) is 26.4 Å². The van der Waals surface area contributed by atoms with Crippen molar-refractivity contribution in [2.24, 2.45) is 0 Å². The fourth-order valence-corrected chi connectivity index (χ4v) is 3.65. The van der Waals surface area contributed by atoms with Gasteiger partial charge in [0.1, 0.15) is 12.5 Å². The minimum Gasteiger partial charge on any atom is -0.362 e. The van der Waals surface area contributed by atoms with Gasteiger partial charge in [-0.15, -0.1) is 0 Å². The van der Waals surface area contributed by atoms with Crippen molar-refractivity contribution in [2.45, 2.75) is 17.8 Å². The van der Waals surface area contributed by atoms with E-state index in [0.717, 1.165) is 5.82 Å². The van der Waals surface area contributed by atoms with Crippen molar-refractivity contribution >= 4 is 15.8 Å². The first kappa shape index (κ1) is 14.9. The maximum absolute atomic E-state index is 12.4. The minimum atomic E-state index is -3.61. The van der Waals surface area contributed by atoms with E-state index in [1.807, 2.05) is 23.1 Å². The molecule has 22 heavy (non-hydrogen) atoms. The van der Waals surface area contributed by atoms with Gasteiger partial charge in [0.15, 0.2) is 5.03 Å². The average molecular weight is 323 g/mol. The Balaban J connectivity index is 1.63. The van der Waals surface area contributed by atoms with Crippen molar-refractivity contribution in [3.8, 4) is 0 Å². The van der Waals surface area contributed by atoms with Crippen LogP contribution in [0.3, 0.4) is 0 Å². The van der Waals surface area contributed by atoms with Crippen LogP contribution in [-0.4, -0.2) is 49.4 Å². The highest BCUT2D eigenvalue weighted by Crippen LogP contribution is 2.19. The second kappa shape index (κ2) is 6.03.